The third kappa shape index (κ3) is 5.89. The summed E-state index contributed by atoms with van der Waals surface area (Å²) in [5.41, 5.74) is -1.70. The number of benzene rings is 3. The van der Waals surface area contributed by atoms with Crippen LogP contribution >= 0.6 is 23.2 Å². The first-order valence-electron chi connectivity index (χ1n) is 10.3. The van der Waals surface area contributed by atoms with E-state index in [0.717, 1.165) is 6.07 Å². The average molecular weight is 596 g/mol. The lowest BCUT2D eigenvalue weighted by atomic mass is 10.1. The molecule has 0 bridgehead atoms. The van der Waals surface area contributed by atoms with Gasteiger partial charge in [-0.1, -0.05) is 53.5 Å². The quantitative estimate of drug-likeness (QED) is 0.234. The second-order valence-electron chi connectivity index (χ2n) is 7.68. The van der Waals surface area contributed by atoms with Crippen molar-refractivity contribution in [2.45, 2.75) is 23.4 Å². The van der Waals surface area contributed by atoms with E-state index in [-0.39, 0.29) is 21.1 Å². The molecule has 6 nitrogen and oxygen atoms in total. The van der Waals surface area contributed by atoms with E-state index in [1.165, 1.54) is 36.4 Å². The van der Waals surface area contributed by atoms with Crippen LogP contribution in [-0.2, 0) is 16.2 Å². The van der Waals surface area contributed by atoms with Gasteiger partial charge in [0.25, 0.3) is 15.9 Å². The summed E-state index contributed by atoms with van der Waals surface area (Å²) in [5, 5.41) is -0.453. The Labute approximate surface area is 221 Å². The number of sulfonamides is 1. The topological polar surface area (TPSA) is 81.2 Å². The van der Waals surface area contributed by atoms with Gasteiger partial charge in [-0.25, -0.2) is 18.4 Å². The van der Waals surface area contributed by atoms with Gasteiger partial charge in [0.05, 0.1) is 26.6 Å². The second-order valence-corrected chi connectivity index (χ2v) is 10.1. The van der Waals surface area contributed by atoms with Crippen LogP contribution in [-0.4, -0.2) is 24.6 Å². The number of nitrogens with one attached hydrogen (secondary N) is 1. The Hall–Kier alpha value is -3.29. The summed E-state index contributed by atoms with van der Waals surface area (Å²) in [5.74, 6) is -1.60. The molecule has 38 heavy (non-hydrogen) atoms. The highest BCUT2D eigenvalue weighted by Gasteiger charge is 2.44. The molecule has 4 aromatic rings. The minimum absolute atomic E-state index is 0.0552. The number of hydrogen-bond donors (Lipinski definition) is 1. The first kappa shape index (κ1) is 27.7. The maximum Gasteiger partial charge on any atom is 0.429 e. The van der Waals surface area contributed by atoms with Crippen LogP contribution in [0.3, 0.4) is 0 Å². The molecule has 1 atom stereocenters. The van der Waals surface area contributed by atoms with E-state index in [9.17, 15) is 34.8 Å². The number of ether oxygens (including phenoxy) is 1. The van der Waals surface area contributed by atoms with Gasteiger partial charge < -0.3 is 4.74 Å². The van der Waals surface area contributed by atoms with Gasteiger partial charge in [0, 0.05) is 5.56 Å². The molecule has 0 saturated carbocycles. The number of rotatable bonds is 6. The van der Waals surface area contributed by atoms with E-state index in [2.05, 4.69) is 9.97 Å². The minimum atomic E-state index is -5.14. The molecule has 0 spiro atoms. The van der Waals surface area contributed by atoms with Gasteiger partial charge in [0.1, 0.15) is 4.90 Å². The van der Waals surface area contributed by atoms with Crippen molar-refractivity contribution in [1.29, 1.82) is 0 Å². The largest absolute Gasteiger partial charge is 0.457 e. The van der Waals surface area contributed by atoms with Crippen LogP contribution in [0.4, 0.5) is 32.2 Å². The van der Waals surface area contributed by atoms with Gasteiger partial charge in [-0.15, -0.1) is 0 Å². The fourth-order valence-electron chi connectivity index (χ4n) is 3.29. The predicted octanol–water partition coefficient (Wildman–Crippen LogP) is 7.44. The first-order chi connectivity index (χ1) is 17.7. The third-order valence-corrected chi connectivity index (χ3v) is 7.36. The van der Waals surface area contributed by atoms with E-state index in [1.807, 2.05) is 4.72 Å². The Balaban J connectivity index is 1.81. The predicted molar refractivity (Wildman–Crippen MR) is 128 cm³/mol. The van der Waals surface area contributed by atoms with E-state index < -0.39 is 56.2 Å². The summed E-state index contributed by atoms with van der Waals surface area (Å²) >= 11 is 11.9. The molecular formula is C23H13Cl2F6N3O3S. The van der Waals surface area contributed by atoms with Crippen molar-refractivity contribution in [2.75, 3.05) is 4.72 Å². The summed E-state index contributed by atoms with van der Waals surface area (Å²) in [4.78, 5) is 7.52. The van der Waals surface area contributed by atoms with Gasteiger partial charge in [0.15, 0.2) is 0 Å². The van der Waals surface area contributed by atoms with Crippen molar-refractivity contribution in [3.8, 4) is 5.88 Å². The van der Waals surface area contributed by atoms with Crippen LogP contribution in [0.15, 0.2) is 71.6 Å². The Morgan fingerprint density at radius 2 is 1.42 bits per heavy atom. The number of halogens is 8. The molecule has 15 heteroatoms. The number of para-hydroxylation sites is 2. The van der Waals surface area contributed by atoms with Crippen LogP contribution in [0.5, 0.6) is 5.88 Å². The summed E-state index contributed by atoms with van der Waals surface area (Å²) in [6.07, 6.45) is -12.7. The molecule has 0 aliphatic rings. The SMILES string of the molecule is O=S(=O)(Nc1nc2ccccc2nc1OC(c1ccc(C(F)(F)F)cc1)C(F)(F)F)c1cccc(Cl)c1Cl. The lowest BCUT2D eigenvalue weighted by Gasteiger charge is -2.23. The molecule has 0 saturated heterocycles. The highest BCUT2D eigenvalue weighted by Crippen LogP contribution is 2.40. The molecule has 0 amide bonds. The van der Waals surface area contributed by atoms with Crippen molar-refractivity contribution < 1.29 is 39.5 Å². The highest BCUT2D eigenvalue weighted by atomic mass is 35.5. The highest BCUT2D eigenvalue weighted by molar-refractivity contribution is 7.92. The van der Waals surface area contributed by atoms with E-state index >= 15 is 0 Å². The summed E-state index contributed by atoms with van der Waals surface area (Å²) in [6, 6.07) is 11.7. The fourth-order valence-corrected chi connectivity index (χ4v) is 5.05. The van der Waals surface area contributed by atoms with Crippen LogP contribution in [0.2, 0.25) is 10.0 Å². The molecular weight excluding hydrogens is 583 g/mol. The fraction of sp³-hybridized carbons (Fsp3) is 0.130. The van der Waals surface area contributed by atoms with Gasteiger partial charge in [0.2, 0.25) is 11.9 Å². The van der Waals surface area contributed by atoms with Gasteiger partial charge in [-0.3, -0.25) is 4.72 Å². The smallest absolute Gasteiger partial charge is 0.429 e. The number of anilines is 1. The van der Waals surface area contributed by atoms with Gasteiger partial charge in [-0.2, -0.15) is 26.3 Å². The van der Waals surface area contributed by atoms with E-state index in [0.29, 0.717) is 24.3 Å². The Morgan fingerprint density at radius 1 is 0.816 bits per heavy atom. The molecule has 4 rings (SSSR count). The molecule has 0 aliphatic carbocycles. The molecule has 0 aliphatic heterocycles. The average Bonchev–Trinajstić information content (AvgIpc) is 2.82. The Morgan fingerprint density at radius 3 is 2.00 bits per heavy atom. The molecule has 0 fully saturated rings. The zero-order chi connectivity index (χ0) is 27.9. The van der Waals surface area contributed by atoms with E-state index in [1.54, 1.807) is 0 Å². The molecule has 1 unspecified atom stereocenters. The summed E-state index contributed by atoms with van der Waals surface area (Å²) < 4.78 is 114. The standard InChI is InChI=1S/C23H13Cl2F6N3O3S/c24-14-4-3-7-17(18(14)25)38(35,36)34-20-21(33-16-6-2-1-5-15(16)32-20)37-19(23(29,30)31)12-8-10-13(11-9-12)22(26,27)28/h1-11,19H,(H,32,34). The monoisotopic (exact) mass is 595 g/mol. The van der Waals surface area contributed by atoms with Crippen LogP contribution in [0.25, 0.3) is 11.0 Å². The van der Waals surface area contributed by atoms with Crippen molar-refractivity contribution in [1.82, 2.24) is 9.97 Å². The Bertz CT molecular complexity index is 1600. The molecule has 200 valence electrons. The van der Waals surface area contributed by atoms with E-state index in [4.69, 9.17) is 27.9 Å². The molecule has 1 N–H and O–H groups in total. The number of fused-ring (bicyclic) bond motifs is 1. The molecule has 3 aromatic carbocycles. The van der Waals surface area contributed by atoms with Crippen LogP contribution in [0, 0.1) is 0 Å². The number of aromatic nitrogens is 2. The van der Waals surface area contributed by atoms with Gasteiger partial charge in [-0.05, 0) is 36.4 Å². The maximum atomic E-state index is 14.0. The minimum Gasteiger partial charge on any atom is -0.457 e. The zero-order valence-electron chi connectivity index (χ0n) is 18.5. The molecule has 1 aromatic heterocycles. The second kappa shape index (κ2) is 10.1. The lowest BCUT2D eigenvalue weighted by Crippen LogP contribution is -2.27. The molecule has 1 heterocycles. The maximum absolute atomic E-state index is 14.0. The Kier molecular flexibility index (Phi) is 7.38. The van der Waals surface area contributed by atoms with Crippen LogP contribution in [0.1, 0.15) is 17.2 Å². The van der Waals surface area contributed by atoms with Crippen molar-refractivity contribution >= 4 is 50.1 Å². The van der Waals surface area contributed by atoms with Crippen molar-refractivity contribution in [3.63, 3.8) is 0 Å². The lowest BCUT2D eigenvalue weighted by molar-refractivity contribution is -0.198. The van der Waals surface area contributed by atoms with Crippen molar-refractivity contribution in [3.05, 3.63) is 87.9 Å². The first-order valence-corrected chi connectivity index (χ1v) is 12.5. The summed E-state index contributed by atoms with van der Waals surface area (Å²) in [6.45, 7) is 0. The normalized spacial score (nSPS) is 13.4. The van der Waals surface area contributed by atoms with Gasteiger partial charge >= 0.3 is 12.4 Å². The van der Waals surface area contributed by atoms with Crippen LogP contribution < -0.4 is 9.46 Å². The number of nitrogens with zero attached hydrogens (tertiary/aromatic N) is 2. The summed E-state index contributed by atoms with van der Waals surface area (Å²) in [7, 11) is -4.57. The zero-order valence-corrected chi connectivity index (χ0v) is 20.8. The van der Waals surface area contributed by atoms with Crippen molar-refractivity contribution in [2.24, 2.45) is 0 Å². The molecule has 0 radical (unpaired) electrons. The number of hydrogen-bond acceptors (Lipinski definition) is 5. The third-order valence-electron chi connectivity index (χ3n) is 5.04. The number of alkyl halides is 6.